The van der Waals surface area contributed by atoms with Crippen LogP contribution in [0.2, 0.25) is 0 Å². The molecule has 18 heavy (non-hydrogen) atoms. The van der Waals surface area contributed by atoms with Crippen molar-refractivity contribution >= 4 is 25.8 Å². The summed E-state index contributed by atoms with van der Waals surface area (Å²) < 4.78 is 25.3. The fraction of sp³-hybridized carbons (Fsp3) is 0.700. The Morgan fingerprint density at radius 1 is 1.61 bits per heavy atom. The Bertz CT molecular complexity index is 524. The van der Waals surface area contributed by atoms with Gasteiger partial charge in [-0.2, -0.15) is 5.10 Å². The highest BCUT2D eigenvalue weighted by Gasteiger charge is 2.42. The SMILES string of the molecule is CCn1ncc(Br)c1C(NN)C(C)(C)S(C)(=O)=O. The standard InChI is InChI=1S/C10H19BrN4O2S/c1-5-15-8(7(11)6-13-15)9(14-12)10(2,3)18(4,16)17/h6,9,14H,5,12H2,1-4H3. The van der Waals surface area contributed by atoms with Gasteiger partial charge in [-0.15, -0.1) is 0 Å². The van der Waals surface area contributed by atoms with E-state index >= 15 is 0 Å². The van der Waals surface area contributed by atoms with Gasteiger partial charge in [0, 0.05) is 12.8 Å². The summed E-state index contributed by atoms with van der Waals surface area (Å²) in [4.78, 5) is 0. The Hall–Kier alpha value is -0.440. The number of hydrogen-bond donors (Lipinski definition) is 2. The normalized spacial score (nSPS) is 14.8. The summed E-state index contributed by atoms with van der Waals surface area (Å²) in [6.07, 6.45) is 2.85. The van der Waals surface area contributed by atoms with E-state index < -0.39 is 20.6 Å². The maximum Gasteiger partial charge on any atom is 0.154 e. The molecule has 1 aromatic rings. The molecule has 0 amide bonds. The van der Waals surface area contributed by atoms with Crippen LogP contribution in [-0.2, 0) is 16.4 Å². The van der Waals surface area contributed by atoms with Gasteiger partial charge in [-0.3, -0.25) is 10.5 Å². The smallest absolute Gasteiger partial charge is 0.154 e. The zero-order valence-corrected chi connectivity index (χ0v) is 13.3. The van der Waals surface area contributed by atoms with E-state index in [9.17, 15) is 8.42 Å². The molecular formula is C10H19BrN4O2S. The molecule has 0 aromatic carbocycles. The van der Waals surface area contributed by atoms with Crippen LogP contribution in [0.1, 0.15) is 32.5 Å². The first-order valence-corrected chi connectivity index (χ1v) is 8.22. The molecule has 1 unspecified atom stereocenters. The molecule has 0 radical (unpaired) electrons. The topological polar surface area (TPSA) is 90.0 Å². The molecule has 0 bridgehead atoms. The van der Waals surface area contributed by atoms with E-state index in [4.69, 9.17) is 5.84 Å². The number of aromatic nitrogens is 2. The van der Waals surface area contributed by atoms with Crippen molar-refractivity contribution in [2.45, 2.75) is 38.1 Å². The monoisotopic (exact) mass is 338 g/mol. The van der Waals surface area contributed by atoms with E-state index in [0.29, 0.717) is 6.54 Å². The Kier molecular flexibility index (Phi) is 4.58. The Labute approximate surface area is 116 Å². The Balaban J connectivity index is 3.39. The lowest BCUT2D eigenvalue weighted by atomic mass is 10.0. The first kappa shape index (κ1) is 15.6. The lowest BCUT2D eigenvalue weighted by Crippen LogP contribution is -2.48. The average molecular weight is 339 g/mol. The van der Waals surface area contributed by atoms with Crippen LogP contribution in [0.3, 0.4) is 0 Å². The van der Waals surface area contributed by atoms with Crippen molar-refractivity contribution < 1.29 is 8.42 Å². The van der Waals surface area contributed by atoms with Gasteiger partial charge in [0.05, 0.1) is 27.2 Å². The molecule has 1 aromatic heterocycles. The Morgan fingerprint density at radius 3 is 2.56 bits per heavy atom. The minimum atomic E-state index is -3.29. The van der Waals surface area contributed by atoms with E-state index in [1.165, 1.54) is 6.26 Å². The lowest BCUT2D eigenvalue weighted by Gasteiger charge is -2.32. The second-order valence-electron chi connectivity index (χ2n) is 4.67. The number of halogens is 1. The fourth-order valence-electron chi connectivity index (χ4n) is 1.73. The molecule has 0 spiro atoms. The number of hydrogen-bond acceptors (Lipinski definition) is 5. The Morgan fingerprint density at radius 2 is 2.17 bits per heavy atom. The predicted octanol–water partition coefficient (Wildman–Crippen LogP) is 0.993. The molecule has 8 heteroatoms. The van der Waals surface area contributed by atoms with Crippen LogP contribution in [-0.4, -0.2) is 29.2 Å². The van der Waals surface area contributed by atoms with Gasteiger partial charge in [-0.1, -0.05) is 0 Å². The van der Waals surface area contributed by atoms with Crippen molar-refractivity contribution in [3.63, 3.8) is 0 Å². The number of hydrazine groups is 1. The van der Waals surface area contributed by atoms with Gasteiger partial charge in [0.2, 0.25) is 0 Å². The first-order valence-electron chi connectivity index (χ1n) is 5.53. The minimum Gasteiger partial charge on any atom is -0.271 e. The molecule has 1 rings (SSSR count). The van der Waals surface area contributed by atoms with Gasteiger partial charge in [-0.05, 0) is 36.7 Å². The number of nitrogens with two attached hydrogens (primary N) is 1. The van der Waals surface area contributed by atoms with Crippen LogP contribution < -0.4 is 11.3 Å². The first-order chi connectivity index (χ1) is 8.16. The maximum atomic E-state index is 11.9. The highest BCUT2D eigenvalue weighted by Crippen LogP contribution is 2.35. The van der Waals surface area contributed by atoms with Crippen molar-refractivity contribution in [2.24, 2.45) is 5.84 Å². The fourth-order valence-corrected chi connectivity index (χ4v) is 2.87. The summed E-state index contributed by atoms with van der Waals surface area (Å²) in [5, 5.41) is 4.18. The van der Waals surface area contributed by atoms with Crippen LogP contribution in [0.25, 0.3) is 0 Å². The van der Waals surface area contributed by atoms with Crippen molar-refractivity contribution in [3.8, 4) is 0 Å². The van der Waals surface area contributed by atoms with Crippen molar-refractivity contribution in [1.29, 1.82) is 0 Å². The van der Waals surface area contributed by atoms with E-state index in [-0.39, 0.29) is 0 Å². The molecule has 0 saturated heterocycles. The van der Waals surface area contributed by atoms with Gasteiger partial charge in [0.25, 0.3) is 0 Å². The van der Waals surface area contributed by atoms with Crippen LogP contribution >= 0.6 is 15.9 Å². The molecule has 3 N–H and O–H groups in total. The van der Waals surface area contributed by atoms with E-state index in [2.05, 4.69) is 26.5 Å². The predicted molar refractivity (Wildman–Crippen MR) is 74.6 cm³/mol. The van der Waals surface area contributed by atoms with Crippen molar-refractivity contribution in [3.05, 3.63) is 16.4 Å². The molecule has 0 saturated carbocycles. The van der Waals surface area contributed by atoms with Gasteiger partial charge in [0.15, 0.2) is 9.84 Å². The van der Waals surface area contributed by atoms with Gasteiger partial charge in [-0.25, -0.2) is 13.8 Å². The highest BCUT2D eigenvalue weighted by atomic mass is 79.9. The lowest BCUT2D eigenvalue weighted by molar-refractivity contribution is 0.399. The largest absolute Gasteiger partial charge is 0.271 e. The summed E-state index contributed by atoms with van der Waals surface area (Å²) in [6, 6.07) is -0.552. The third-order valence-corrected chi connectivity index (χ3v) is 5.98. The summed E-state index contributed by atoms with van der Waals surface area (Å²) >= 11 is 3.38. The highest BCUT2D eigenvalue weighted by molar-refractivity contribution is 9.10. The van der Waals surface area contributed by atoms with Crippen LogP contribution in [0, 0.1) is 0 Å². The molecule has 104 valence electrons. The molecule has 1 atom stereocenters. The molecule has 0 aliphatic rings. The number of rotatable bonds is 5. The van der Waals surface area contributed by atoms with E-state index in [1.54, 1.807) is 24.7 Å². The van der Waals surface area contributed by atoms with Gasteiger partial charge >= 0.3 is 0 Å². The zero-order chi connectivity index (χ0) is 14.1. The van der Waals surface area contributed by atoms with Crippen LogP contribution in [0.15, 0.2) is 10.7 Å². The minimum absolute atomic E-state index is 0.552. The summed E-state index contributed by atoms with van der Waals surface area (Å²) in [7, 11) is -3.29. The zero-order valence-electron chi connectivity index (χ0n) is 10.9. The third kappa shape index (κ3) is 2.61. The third-order valence-electron chi connectivity index (χ3n) is 3.22. The van der Waals surface area contributed by atoms with Gasteiger partial charge < -0.3 is 0 Å². The number of aryl methyl sites for hydroxylation is 1. The summed E-state index contributed by atoms with van der Waals surface area (Å²) in [5.74, 6) is 5.56. The second-order valence-corrected chi connectivity index (χ2v) is 8.12. The van der Waals surface area contributed by atoms with Crippen molar-refractivity contribution in [1.82, 2.24) is 15.2 Å². The number of nitrogens with zero attached hydrogens (tertiary/aromatic N) is 2. The van der Waals surface area contributed by atoms with E-state index in [1.807, 2.05) is 6.92 Å². The quantitative estimate of drug-likeness (QED) is 0.617. The number of nitrogens with one attached hydrogen (secondary N) is 1. The molecule has 1 heterocycles. The molecule has 0 aliphatic carbocycles. The summed E-state index contributed by atoms with van der Waals surface area (Å²) in [6.45, 7) is 5.86. The second kappa shape index (κ2) is 5.28. The van der Waals surface area contributed by atoms with Crippen molar-refractivity contribution in [2.75, 3.05) is 6.26 Å². The molecule has 0 aliphatic heterocycles. The molecule has 6 nitrogen and oxygen atoms in total. The summed E-state index contributed by atoms with van der Waals surface area (Å²) in [5.41, 5.74) is 3.33. The average Bonchev–Trinajstić information content (AvgIpc) is 2.60. The molecular weight excluding hydrogens is 320 g/mol. The maximum absolute atomic E-state index is 11.9. The number of sulfone groups is 1. The van der Waals surface area contributed by atoms with Crippen LogP contribution in [0.5, 0.6) is 0 Å². The van der Waals surface area contributed by atoms with E-state index in [0.717, 1.165) is 10.2 Å². The van der Waals surface area contributed by atoms with Gasteiger partial charge in [0.1, 0.15) is 0 Å². The molecule has 0 fully saturated rings. The van der Waals surface area contributed by atoms with Crippen LogP contribution in [0.4, 0.5) is 0 Å².